The number of carboxylic acids is 1. The average molecular weight is 585 g/mol. The summed E-state index contributed by atoms with van der Waals surface area (Å²) < 4.78 is 0.567. The number of benzene rings is 2. The van der Waals surface area contributed by atoms with E-state index in [0.717, 1.165) is 5.56 Å². The van der Waals surface area contributed by atoms with Gasteiger partial charge < -0.3 is 15.3 Å². The summed E-state index contributed by atoms with van der Waals surface area (Å²) in [5, 5.41) is 14.6. The first-order valence-electron chi connectivity index (χ1n) is 10.8. The maximum atomic E-state index is 12.0. The fourth-order valence-corrected chi connectivity index (χ4v) is 5.33. The summed E-state index contributed by atoms with van der Waals surface area (Å²) in [7, 11) is 0. The third-order valence-corrected chi connectivity index (χ3v) is 7.31. The summed E-state index contributed by atoms with van der Waals surface area (Å²) in [4.78, 5) is 23.8. The quantitative estimate of drug-likeness (QED) is 0.342. The number of hydrogen-bond acceptors (Lipinski definition) is 5. The average Bonchev–Trinajstić information content (AvgIpc) is 2.80. The number of piperidine rings is 1. The van der Waals surface area contributed by atoms with Crippen molar-refractivity contribution >= 4 is 62.5 Å². The van der Waals surface area contributed by atoms with Gasteiger partial charge in [0.2, 0.25) is 0 Å². The van der Waals surface area contributed by atoms with Crippen molar-refractivity contribution in [3.63, 3.8) is 0 Å². The maximum absolute atomic E-state index is 12.0. The number of aliphatic carboxylic acids is 1. The highest BCUT2D eigenvalue weighted by atomic mass is 79.9. The Bertz CT molecular complexity index is 1220. The minimum Gasteiger partial charge on any atom is -0.480 e. The van der Waals surface area contributed by atoms with Crippen molar-refractivity contribution in [1.29, 1.82) is 0 Å². The molecular formula is C24H22BrCl3N4O2. The second-order valence-electron chi connectivity index (χ2n) is 8.07. The normalized spacial score (nSPS) is 15.4. The zero-order valence-electron chi connectivity index (χ0n) is 18.3. The molecule has 0 radical (unpaired) electrons. The third kappa shape index (κ3) is 5.04. The first-order chi connectivity index (χ1) is 16.2. The fourth-order valence-electron chi connectivity index (χ4n) is 4.19. The number of carbonyl (C=O) groups is 1. The molecule has 0 saturated carbocycles. The zero-order valence-corrected chi connectivity index (χ0v) is 22.1. The monoisotopic (exact) mass is 582 g/mol. The summed E-state index contributed by atoms with van der Waals surface area (Å²) >= 11 is 22.4. The molecule has 1 aromatic heterocycles. The SMILES string of the molecule is CCNC1(C(=O)O)CCN(c2nc(-c3ccc(Cl)cc3Cl)c(-c3ccc(Cl)cc3)nc2Br)CC1. The van der Waals surface area contributed by atoms with Crippen molar-refractivity contribution in [3.05, 3.63) is 62.1 Å². The predicted molar refractivity (Wildman–Crippen MR) is 141 cm³/mol. The van der Waals surface area contributed by atoms with E-state index in [1.165, 1.54) is 0 Å². The molecule has 3 aromatic rings. The molecular weight excluding hydrogens is 563 g/mol. The molecule has 1 aliphatic heterocycles. The van der Waals surface area contributed by atoms with Crippen LogP contribution in [-0.4, -0.2) is 46.2 Å². The molecule has 2 heterocycles. The van der Waals surface area contributed by atoms with Crippen molar-refractivity contribution in [3.8, 4) is 22.5 Å². The second kappa shape index (κ2) is 10.4. The molecule has 34 heavy (non-hydrogen) atoms. The first kappa shape index (κ1) is 25.2. The lowest BCUT2D eigenvalue weighted by Gasteiger charge is -2.40. The highest BCUT2D eigenvalue weighted by Gasteiger charge is 2.41. The summed E-state index contributed by atoms with van der Waals surface area (Å²) in [6.07, 6.45) is 0.889. The predicted octanol–water partition coefficient (Wildman–Crippen LogP) is 6.57. The highest BCUT2D eigenvalue weighted by molar-refractivity contribution is 9.10. The van der Waals surface area contributed by atoms with Crippen LogP contribution in [0, 0.1) is 0 Å². The van der Waals surface area contributed by atoms with Crippen LogP contribution < -0.4 is 10.2 Å². The molecule has 1 saturated heterocycles. The van der Waals surface area contributed by atoms with Crippen molar-refractivity contribution in [2.75, 3.05) is 24.5 Å². The molecule has 0 spiro atoms. The van der Waals surface area contributed by atoms with E-state index in [1.807, 2.05) is 25.1 Å². The number of hydrogen-bond donors (Lipinski definition) is 2. The van der Waals surface area contributed by atoms with E-state index in [1.54, 1.807) is 24.3 Å². The highest BCUT2D eigenvalue weighted by Crippen LogP contribution is 2.39. The van der Waals surface area contributed by atoms with Gasteiger partial charge in [0, 0.05) is 34.3 Å². The van der Waals surface area contributed by atoms with Gasteiger partial charge in [0.1, 0.15) is 15.8 Å². The topological polar surface area (TPSA) is 78.4 Å². The lowest BCUT2D eigenvalue weighted by atomic mass is 9.87. The van der Waals surface area contributed by atoms with E-state index in [-0.39, 0.29) is 0 Å². The van der Waals surface area contributed by atoms with E-state index in [9.17, 15) is 9.90 Å². The number of nitrogens with one attached hydrogen (secondary N) is 1. The van der Waals surface area contributed by atoms with Gasteiger partial charge in [-0.25, -0.2) is 9.97 Å². The van der Waals surface area contributed by atoms with Gasteiger partial charge in [0.05, 0.1) is 10.7 Å². The van der Waals surface area contributed by atoms with Gasteiger partial charge in [-0.2, -0.15) is 0 Å². The molecule has 0 bridgehead atoms. The molecule has 0 aliphatic carbocycles. The van der Waals surface area contributed by atoms with Gasteiger partial charge in [-0.1, -0.05) is 53.9 Å². The molecule has 2 aromatic carbocycles. The molecule has 178 valence electrons. The Morgan fingerprint density at radius 3 is 2.29 bits per heavy atom. The van der Waals surface area contributed by atoms with Crippen LogP contribution in [0.4, 0.5) is 5.82 Å². The molecule has 4 rings (SSSR count). The molecule has 1 fully saturated rings. The van der Waals surface area contributed by atoms with Gasteiger partial charge >= 0.3 is 5.97 Å². The standard InChI is InChI=1S/C24H22BrCl3N4O2/c1-2-29-24(23(33)34)9-11-32(12-10-24)22-21(25)30-19(14-3-5-15(26)6-4-14)20(31-22)17-8-7-16(27)13-18(17)28/h3-8,13,29H,2,9-12H2,1H3,(H,33,34). The largest absolute Gasteiger partial charge is 0.480 e. The van der Waals surface area contributed by atoms with E-state index in [2.05, 4.69) is 26.1 Å². The Balaban J connectivity index is 1.78. The Kier molecular flexibility index (Phi) is 7.69. The van der Waals surface area contributed by atoms with E-state index < -0.39 is 11.5 Å². The van der Waals surface area contributed by atoms with Gasteiger partial charge in [-0.3, -0.25) is 4.79 Å². The number of aromatic nitrogens is 2. The first-order valence-corrected chi connectivity index (χ1v) is 12.7. The van der Waals surface area contributed by atoms with E-state index in [0.29, 0.717) is 74.9 Å². The Hall–Kier alpha value is -1.90. The van der Waals surface area contributed by atoms with Crippen LogP contribution >= 0.6 is 50.7 Å². The van der Waals surface area contributed by atoms with Gasteiger partial charge in [-0.05, 0) is 65.6 Å². The second-order valence-corrected chi connectivity index (χ2v) is 10.1. The zero-order chi connectivity index (χ0) is 24.5. The molecule has 6 nitrogen and oxygen atoms in total. The molecule has 0 unspecified atom stereocenters. The molecule has 0 atom stereocenters. The fraction of sp³-hybridized carbons (Fsp3) is 0.292. The minimum absolute atomic E-state index is 0.445. The Labute approximate surface area is 221 Å². The van der Waals surface area contributed by atoms with Crippen molar-refractivity contribution in [2.45, 2.75) is 25.3 Å². The number of rotatable bonds is 6. The van der Waals surface area contributed by atoms with Crippen LogP contribution in [0.1, 0.15) is 19.8 Å². The van der Waals surface area contributed by atoms with E-state index >= 15 is 0 Å². The van der Waals surface area contributed by atoms with Gasteiger partial charge in [0.25, 0.3) is 0 Å². The van der Waals surface area contributed by atoms with Crippen molar-refractivity contribution < 1.29 is 9.90 Å². The molecule has 2 N–H and O–H groups in total. The lowest BCUT2D eigenvalue weighted by molar-refractivity contribution is -0.145. The van der Waals surface area contributed by atoms with Gasteiger partial charge in [0.15, 0.2) is 5.82 Å². The van der Waals surface area contributed by atoms with Crippen LogP contribution in [0.5, 0.6) is 0 Å². The number of nitrogens with zero attached hydrogens (tertiary/aromatic N) is 3. The van der Waals surface area contributed by atoms with Crippen LogP contribution in [-0.2, 0) is 4.79 Å². The van der Waals surface area contributed by atoms with Gasteiger partial charge in [-0.15, -0.1) is 0 Å². The number of anilines is 1. The Morgan fingerprint density at radius 1 is 1.06 bits per heavy atom. The third-order valence-electron chi connectivity index (χ3n) is 5.98. The summed E-state index contributed by atoms with van der Waals surface area (Å²) in [5.74, 6) is -0.194. The summed E-state index contributed by atoms with van der Waals surface area (Å²) in [6.45, 7) is 3.53. The van der Waals surface area contributed by atoms with Crippen LogP contribution in [0.3, 0.4) is 0 Å². The van der Waals surface area contributed by atoms with Crippen LogP contribution in [0.15, 0.2) is 47.1 Å². The lowest BCUT2D eigenvalue weighted by Crippen LogP contribution is -2.58. The van der Waals surface area contributed by atoms with E-state index in [4.69, 9.17) is 44.8 Å². The summed E-state index contributed by atoms with van der Waals surface area (Å²) in [5.41, 5.74) is 1.84. The van der Waals surface area contributed by atoms with Crippen LogP contribution in [0.25, 0.3) is 22.5 Å². The van der Waals surface area contributed by atoms with Crippen molar-refractivity contribution in [2.24, 2.45) is 0 Å². The molecule has 0 amide bonds. The smallest absolute Gasteiger partial charge is 0.324 e. The molecule has 1 aliphatic rings. The van der Waals surface area contributed by atoms with Crippen LogP contribution in [0.2, 0.25) is 15.1 Å². The Morgan fingerprint density at radius 2 is 1.71 bits per heavy atom. The van der Waals surface area contributed by atoms with Crippen molar-refractivity contribution in [1.82, 2.24) is 15.3 Å². The summed E-state index contributed by atoms with van der Waals surface area (Å²) in [6, 6.07) is 12.6. The molecule has 10 heteroatoms. The number of halogens is 4. The number of likely N-dealkylation sites (N-methyl/N-ethyl adjacent to an activating group) is 1. The minimum atomic E-state index is -0.934. The number of carboxylic acid groups (broad SMARTS) is 1. The maximum Gasteiger partial charge on any atom is 0.324 e.